The van der Waals surface area contributed by atoms with Crippen LogP contribution < -0.4 is 10.6 Å². The summed E-state index contributed by atoms with van der Waals surface area (Å²) in [5.74, 6) is -1.13. The number of amides is 2. The number of nitrogens with one attached hydrogen (secondary N) is 2. The van der Waals surface area contributed by atoms with Crippen LogP contribution in [0.25, 0.3) is 0 Å². The molecule has 2 amide bonds. The molecule has 3 aromatic rings. The van der Waals surface area contributed by atoms with Crippen LogP contribution >= 0.6 is 11.8 Å². The Kier molecular flexibility index (Phi) is 8.09. The number of allylic oxidation sites excluding steroid dienone is 1. The Balaban J connectivity index is 1.65. The van der Waals surface area contributed by atoms with Crippen LogP contribution in [0, 0.1) is 15.9 Å². The van der Waals surface area contributed by atoms with Gasteiger partial charge in [-0.3, -0.25) is 19.7 Å². The molecule has 0 fully saturated rings. The molecule has 176 valence electrons. The summed E-state index contributed by atoms with van der Waals surface area (Å²) in [6.45, 7) is 5.74. The van der Waals surface area contributed by atoms with Gasteiger partial charge in [-0.25, -0.2) is 4.39 Å². The van der Waals surface area contributed by atoms with E-state index in [2.05, 4.69) is 27.4 Å². The van der Waals surface area contributed by atoms with E-state index >= 15 is 0 Å². The number of carbonyl (C=O) groups excluding carboxylic acids is 2. The summed E-state index contributed by atoms with van der Waals surface area (Å²) < 4.78 is 15.6. The van der Waals surface area contributed by atoms with Gasteiger partial charge in [-0.05, 0) is 31.2 Å². The zero-order chi connectivity index (χ0) is 24.7. The second-order valence-electron chi connectivity index (χ2n) is 7.06. The summed E-state index contributed by atoms with van der Waals surface area (Å²) in [7, 11) is 0. The van der Waals surface area contributed by atoms with Crippen LogP contribution in [-0.2, 0) is 11.3 Å². The normalized spacial score (nSPS) is 11.5. The number of anilines is 1. The lowest BCUT2D eigenvalue weighted by atomic mass is 10.2. The lowest BCUT2D eigenvalue weighted by molar-refractivity contribution is -0.384. The van der Waals surface area contributed by atoms with E-state index in [0.29, 0.717) is 23.2 Å². The fourth-order valence-electron chi connectivity index (χ4n) is 3.01. The highest BCUT2D eigenvalue weighted by atomic mass is 32.2. The van der Waals surface area contributed by atoms with Gasteiger partial charge in [-0.15, -0.1) is 16.8 Å². The first-order valence-corrected chi connectivity index (χ1v) is 11.0. The molecule has 0 spiro atoms. The second-order valence-corrected chi connectivity index (χ2v) is 8.00. The molecule has 1 atom stereocenters. The molecular weight excluding hydrogens is 463 g/mol. The topological polar surface area (TPSA) is 132 Å². The summed E-state index contributed by atoms with van der Waals surface area (Å²) >= 11 is 1.13. The Morgan fingerprint density at radius 2 is 1.94 bits per heavy atom. The van der Waals surface area contributed by atoms with Crippen molar-refractivity contribution in [2.45, 2.75) is 24.7 Å². The molecule has 0 saturated carbocycles. The second kappa shape index (κ2) is 11.2. The van der Waals surface area contributed by atoms with Crippen molar-refractivity contribution in [1.29, 1.82) is 0 Å². The van der Waals surface area contributed by atoms with Gasteiger partial charge in [-0.1, -0.05) is 30.0 Å². The fraction of sp³-hybridized carbons (Fsp3) is 0.182. The van der Waals surface area contributed by atoms with Gasteiger partial charge in [0.25, 0.3) is 11.6 Å². The number of aromatic nitrogens is 3. The molecule has 34 heavy (non-hydrogen) atoms. The summed E-state index contributed by atoms with van der Waals surface area (Å²) in [5, 5.41) is 24.8. The number of carbonyl (C=O) groups is 2. The molecule has 3 rings (SSSR count). The number of rotatable bonds is 10. The van der Waals surface area contributed by atoms with E-state index < -0.39 is 22.7 Å². The summed E-state index contributed by atoms with van der Waals surface area (Å²) in [4.78, 5) is 35.0. The molecule has 1 aromatic heterocycles. The van der Waals surface area contributed by atoms with E-state index in [1.165, 1.54) is 42.5 Å². The van der Waals surface area contributed by atoms with Crippen LogP contribution in [-0.4, -0.2) is 37.3 Å². The Morgan fingerprint density at radius 1 is 1.24 bits per heavy atom. The molecule has 0 bridgehead atoms. The van der Waals surface area contributed by atoms with Crippen molar-refractivity contribution in [3.05, 3.63) is 88.5 Å². The highest BCUT2D eigenvalue weighted by molar-refractivity contribution is 7.99. The Bertz CT molecular complexity index is 1210. The molecule has 0 aliphatic rings. The maximum atomic E-state index is 13.9. The monoisotopic (exact) mass is 484 g/mol. The molecule has 2 aromatic carbocycles. The van der Waals surface area contributed by atoms with Gasteiger partial charge in [0, 0.05) is 24.4 Å². The van der Waals surface area contributed by atoms with Gasteiger partial charge < -0.3 is 15.2 Å². The lowest BCUT2D eigenvalue weighted by Gasteiger charge is -2.15. The van der Waals surface area contributed by atoms with Crippen molar-refractivity contribution in [3.8, 4) is 0 Å². The number of nitrogens with zero attached hydrogens (tertiary/aromatic N) is 4. The summed E-state index contributed by atoms with van der Waals surface area (Å²) in [6.07, 6.45) is 1.62. The number of hydrogen-bond acceptors (Lipinski definition) is 7. The average Bonchev–Trinajstić information content (AvgIpc) is 3.21. The van der Waals surface area contributed by atoms with Crippen molar-refractivity contribution >= 4 is 35.0 Å². The van der Waals surface area contributed by atoms with E-state index in [9.17, 15) is 24.1 Å². The number of thioether (sulfide) groups is 1. The number of benzene rings is 2. The number of nitro groups is 1. The van der Waals surface area contributed by atoms with Crippen molar-refractivity contribution in [2.75, 3.05) is 11.1 Å². The van der Waals surface area contributed by atoms with Crippen LogP contribution in [0.3, 0.4) is 0 Å². The summed E-state index contributed by atoms with van der Waals surface area (Å²) in [6, 6.07) is 10.5. The van der Waals surface area contributed by atoms with Crippen molar-refractivity contribution in [3.63, 3.8) is 0 Å². The Labute approximate surface area is 198 Å². The molecular formula is C22H21FN6O4S. The van der Waals surface area contributed by atoms with E-state index in [1.54, 1.807) is 23.6 Å². The molecule has 0 saturated heterocycles. The zero-order valence-electron chi connectivity index (χ0n) is 18.1. The van der Waals surface area contributed by atoms with E-state index in [4.69, 9.17) is 0 Å². The summed E-state index contributed by atoms with van der Waals surface area (Å²) in [5.41, 5.74) is 0.268. The third-order valence-electron chi connectivity index (χ3n) is 4.60. The van der Waals surface area contributed by atoms with Crippen molar-refractivity contribution in [2.24, 2.45) is 0 Å². The first-order valence-electron chi connectivity index (χ1n) is 10.1. The fourth-order valence-corrected chi connectivity index (χ4v) is 3.76. The average molecular weight is 485 g/mol. The number of nitro benzene ring substituents is 1. The van der Waals surface area contributed by atoms with Crippen molar-refractivity contribution in [1.82, 2.24) is 20.1 Å². The highest BCUT2D eigenvalue weighted by Crippen LogP contribution is 2.22. The van der Waals surface area contributed by atoms with Gasteiger partial charge in [-0.2, -0.15) is 0 Å². The van der Waals surface area contributed by atoms with E-state index in [1.807, 2.05) is 0 Å². The number of halogens is 1. The zero-order valence-corrected chi connectivity index (χ0v) is 18.9. The highest BCUT2D eigenvalue weighted by Gasteiger charge is 2.21. The Hall–Kier alpha value is -4.06. The quantitative estimate of drug-likeness (QED) is 0.194. The van der Waals surface area contributed by atoms with Gasteiger partial charge in [0.05, 0.1) is 22.3 Å². The minimum Gasteiger partial charge on any atom is -0.342 e. The third-order valence-corrected chi connectivity index (χ3v) is 5.57. The van der Waals surface area contributed by atoms with Crippen LogP contribution in [0.4, 0.5) is 15.8 Å². The number of non-ortho nitro benzene ring substituents is 1. The molecule has 10 nitrogen and oxygen atoms in total. The third kappa shape index (κ3) is 6.04. The lowest BCUT2D eigenvalue weighted by Crippen LogP contribution is -2.29. The predicted octanol–water partition coefficient (Wildman–Crippen LogP) is 3.73. The smallest absolute Gasteiger partial charge is 0.269 e. The molecule has 2 N–H and O–H groups in total. The minimum atomic E-state index is -0.630. The molecule has 0 aliphatic heterocycles. The molecule has 0 radical (unpaired) electrons. The van der Waals surface area contributed by atoms with Crippen LogP contribution in [0.5, 0.6) is 0 Å². The standard InChI is InChI=1S/C22H21FN6O4S/c1-3-12-28-20(14(2)24-21(31)17-6-4-5-7-18(17)23)26-27-22(28)34-13-19(30)25-15-8-10-16(11-9-15)29(32)33/h3-11,14H,1,12-13H2,2H3,(H,24,31)(H,25,30)/t14-/m1/s1. The van der Waals surface area contributed by atoms with Crippen LogP contribution in [0.15, 0.2) is 66.3 Å². The molecule has 12 heteroatoms. The number of hydrogen-bond donors (Lipinski definition) is 2. The largest absolute Gasteiger partial charge is 0.342 e. The van der Waals surface area contributed by atoms with Crippen molar-refractivity contribution < 1.29 is 18.9 Å². The van der Waals surface area contributed by atoms with Crippen LogP contribution in [0.1, 0.15) is 29.1 Å². The SMILES string of the molecule is C=CCn1c(SCC(=O)Nc2ccc([N+](=O)[O-])cc2)nnc1[C@@H](C)NC(=O)c1ccccc1F. The molecule has 1 heterocycles. The molecule has 0 unspecified atom stereocenters. The van der Waals surface area contributed by atoms with Gasteiger partial charge in [0.15, 0.2) is 11.0 Å². The van der Waals surface area contributed by atoms with Gasteiger partial charge >= 0.3 is 0 Å². The van der Waals surface area contributed by atoms with Gasteiger partial charge in [0.1, 0.15) is 5.82 Å². The maximum Gasteiger partial charge on any atom is 0.269 e. The Morgan fingerprint density at radius 3 is 2.59 bits per heavy atom. The first-order chi connectivity index (χ1) is 16.3. The minimum absolute atomic E-state index is 0.00221. The van der Waals surface area contributed by atoms with E-state index in [0.717, 1.165) is 11.8 Å². The first kappa shape index (κ1) is 24.6. The van der Waals surface area contributed by atoms with Gasteiger partial charge in [0.2, 0.25) is 5.91 Å². The predicted molar refractivity (Wildman–Crippen MR) is 125 cm³/mol. The van der Waals surface area contributed by atoms with E-state index in [-0.39, 0.29) is 22.9 Å². The van der Waals surface area contributed by atoms with Crippen LogP contribution in [0.2, 0.25) is 0 Å². The maximum absolute atomic E-state index is 13.9. The molecule has 0 aliphatic carbocycles.